The molecule has 63 heavy (non-hydrogen) atoms. The van der Waals surface area contributed by atoms with Gasteiger partial charge in [-0.05, 0) is 119 Å². The number of carbonyl (C=O) groups excluding carboxylic acids is 4. The highest BCUT2D eigenvalue weighted by atomic mass is 16.7. The molecule has 360 valence electrons. The minimum atomic E-state index is -1.31. The molecule has 0 spiro atoms. The van der Waals surface area contributed by atoms with Gasteiger partial charge in [-0.15, -0.1) is 0 Å². The lowest BCUT2D eigenvalue weighted by Crippen LogP contribution is -2.48. The van der Waals surface area contributed by atoms with Crippen molar-refractivity contribution in [2.24, 2.45) is 22.7 Å². The van der Waals surface area contributed by atoms with Crippen molar-refractivity contribution in [3.8, 4) is 0 Å². The Kier molecular flexibility index (Phi) is 21.3. The number of carboxylic acids is 3. The van der Waals surface area contributed by atoms with Crippen LogP contribution in [0.3, 0.4) is 0 Å². The third-order valence-electron chi connectivity index (χ3n) is 14.2. The van der Waals surface area contributed by atoms with Gasteiger partial charge in [0.25, 0.3) is 0 Å². The SMILES string of the molecule is CCC12CC1(CC)N2OCCCCNC(=O)C(CCC(=O)O)NC(=O)CCC(NC(=O)C1CCC(CNC(=O)CCCCCCC(C)(C)CCC(C)(C)CCC(=O)O)CC1)C(=O)O. The molecular formula is C47H81N5O11. The molecule has 16 nitrogen and oxygen atoms in total. The quantitative estimate of drug-likeness (QED) is 0.0271. The molecule has 4 unspecified atom stereocenters. The van der Waals surface area contributed by atoms with Gasteiger partial charge in [0.15, 0.2) is 0 Å². The number of carboxylic acid groups (broad SMARTS) is 3. The Morgan fingerprint density at radius 3 is 1.86 bits per heavy atom. The molecule has 0 bridgehead atoms. The van der Waals surface area contributed by atoms with Crippen LogP contribution < -0.4 is 21.3 Å². The van der Waals surface area contributed by atoms with Gasteiger partial charge in [-0.3, -0.25) is 33.6 Å². The Morgan fingerprint density at radius 2 is 1.25 bits per heavy atom. The molecule has 2 aliphatic carbocycles. The van der Waals surface area contributed by atoms with Crippen LogP contribution in [0.5, 0.6) is 0 Å². The highest BCUT2D eigenvalue weighted by Gasteiger charge is 2.89. The fourth-order valence-corrected chi connectivity index (χ4v) is 9.40. The lowest BCUT2D eigenvalue weighted by atomic mass is 9.75. The van der Waals surface area contributed by atoms with Crippen LogP contribution >= 0.6 is 0 Å². The van der Waals surface area contributed by atoms with Gasteiger partial charge < -0.3 is 36.6 Å². The zero-order valence-corrected chi connectivity index (χ0v) is 39.2. The molecule has 2 saturated carbocycles. The summed E-state index contributed by atoms with van der Waals surface area (Å²) >= 11 is 0. The van der Waals surface area contributed by atoms with Crippen molar-refractivity contribution in [3.05, 3.63) is 0 Å². The minimum Gasteiger partial charge on any atom is -0.481 e. The second kappa shape index (κ2) is 25.1. The first-order valence-electron chi connectivity index (χ1n) is 23.9. The molecule has 3 aliphatic rings. The van der Waals surface area contributed by atoms with Gasteiger partial charge in [-0.2, -0.15) is 5.06 Å². The van der Waals surface area contributed by atoms with Crippen molar-refractivity contribution >= 4 is 41.5 Å². The first-order valence-corrected chi connectivity index (χ1v) is 23.9. The summed E-state index contributed by atoms with van der Waals surface area (Å²) in [6.07, 6.45) is 14.7. The van der Waals surface area contributed by atoms with Gasteiger partial charge >= 0.3 is 17.9 Å². The molecule has 0 aromatic heterocycles. The molecule has 4 amide bonds. The van der Waals surface area contributed by atoms with Crippen molar-refractivity contribution in [2.45, 2.75) is 212 Å². The maximum atomic E-state index is 13.1. The Hall–Kier alpha value is -3.79. The van der Waals surface area contributed by atoms with E-state index in [4.69, 9.17) is 9.94 Å². The maximum absolute atomic E-state index is 13.1. The van der Waals surface area contributed by atoms with Crippen LogP contribution in [0.25, 0.3) is 0 Å². The number of fused-ring (bicyclic) bond motifs is 1. The second-order valence-electron chi connectivity index (χ2n) is 20.2. The summed E-state index contributed by atoms with van der Waals surface area (Å²) < 4.78 is 0. The molecule has 7 N–H and O–H groups in total. The predicted molar refractivity (Wildman–Crippen MR) is 238 cm³/mol. The van der Waals surface area contributed by atoms with E-state index in [1.165, 1.54) is 6.42 Å². The number of carbonyl (C=O) groups is 7. The normalized spacial score (nSPS) is 23.7. The molecular weight excluding hydrogens is 811 g/mol. The van der Waals surface area contributed by atoms with E-state index in [1.54, 1.807) is 0 Å². The maximum Gasteiger partial charge on any atom is 0.326 e. The van der Waals surface area contributed by atoms with Crippen molar-refractivity contribution in [1.29, 1.82) is 0 Å². The molecule has 0 aromatic carbocycles. The van der Waals surface area contributed by atoms with Crippen LogP contribution in [0.4, 0.5) is 0 Å². The number of amides is 4. The summed E-state index contributed by atoms with van der Waals surface area (Å²) in [4.78, 5) is 91.7. The Bertz CT molecular complexity index is 1530. The highest BCUT2D eigenvalue weighted by molar-refractivity contribution is 5.89. The summed E-state index contributed by atoms with van der Waals surface area (Å²) in [5, 5.41) is 41.1. The van der Waals surface area contributed by atoms with E-state index in [1.807, 2.05) is 0 Å². The third-order valence-corrected chi connectivity index (χ3v) is 14.2. The van der Waals surface area contributed by atoms with Gasteiger partial charge in [0, 0.05) is 44.7 Å². The summed E-state index contributed by atoms with van der Waals surface area (Å²) in [5.41, 5.74) is 0.615. The average Bonchev–Trinajstić information content (AvgIpc) is 4.08. The van der Waals surface area contributed by atoms with Crippen LogP contribution in [0, 0.1) is 22.7 Å². The monoisotopic (exact) mass is 892 g/mol. The van der Waals surface area contributed by atoms with Crippen LogP contribution in [-0.2, 0) is 38.4 Å². The lowest BCUT2D eigenvalue weighted by molar-refractivity contribution is -0.143. The third kappa shape index (κ3) is 17.6. The smallest absolute Gasteiger partial charge is 0.326 e. The summed E-state index contributed by atoms with van der Waals surface area (Å²) in [6, 6.07) is -2.42. The van der Waals surface area contributed by atoms with E-state index in [-0.39, 0.29) is 71.8 Å². The zero-order chi connectivity index (χ0) is 46.8. The largest absolute Gasteiger partial charge is 0.481 e. The number of nitrogens with zero attached hydrogens (tertiary/aromatic N) is 1. The van der Waals surface area contributed by atoms with E-state index in [9.17, 15) is 43.8 Å². The standard InChI is InChI=1S/C47H81N5O11/c1-7-46-32-47(46,8-2)52(46)63-30-14-13-29-48-42(60)35(21-23-39(55)56)50-38(54)22-20-36(43(61)62)51-41(59)34-18-16-33(17-19-34)31-49-37(53)15-11-9-10-12-25-44(3,4)27-28-45(5,6)26-24-40(57)58/h33-36H,7-32H2,1-6H3,(H,48,60)(H,49,53)(H,50,54)(H,51,59)(H,55,56)(H,57,58)(H,61,62). The number of rotatable bonds is 34. The van der Waals surface area contributed by atoms with Crippen LogP contribution in [0.15, 0.2) is 0 Å². The molecule has 3 rings (SSSR count). The first-order chi connectivity index (χ1) is 29.7. The van der Waals surface area contributed by atoms with E-state index in [0.717, 1.165) is 70.6 Å². The topological polar surface area (TPSA) is 241 Å². The first kappa shape index (κ1) is 53.5. The molecule has 1 saturated heterocycles. The molecule has 16 heteroatoms. The summed E-state index contributed by atoms with van der Waals surface area (Å²) in [5.74, 6) is -4.80. The van der Waals surface area contributed by atoms with E-state index in [2.05, 4.69) is 67.9 Å². The molecule has 0 aromatic rings. The van der Waals surface area contributed by atoms with E-state index < -0.39 is 47.7 Å². The predicted octanol–water partition coefficient (Wildman–Crippen LogP) is 6.49. The Morgan fingerprint density at radius 1 is 0.651 bits per heavy atom. The van der Waals surface area contributed by atoms with E-state index >= 15 is 0 Å². The van der Waals surface area contributed by atoms with Crippen LogP contribution in [0.2, 0.25) is 0 Å². The molecule has 4 atom stereocenters. The van der Waals surface area contributed by atoms with Gasteiger partial charge in [0.1, 0.15) is 12.1 Å². The van der Waals surface area contributed by atoms with Crippen LogP contribution in [0.1, 0.15) is 189 Å². The second-order valence-corrected chi connectivity index (χ2v) is 20.2. The number of hydrogen-bond donors (Lipinski definition) is 7. The van der Waals surface area contributed by atoms with Gasteiger partial charge in [-0.1, -0.05) is 60.8 Å². The van der Waals surface area contributed by atoms with Crippen molar-refractivity contribution in [2.75, 3.05) is 19.7 Å². The van der Waals surface area contributed by atoms with Crippen LogP contribution in [-0.4, -0.2) is 105 Å². The summed E-state index contributed by atoms with van der Waals surface area (Å²) in [7, 11) is 0. The number of aliphatic carboxylic acids is 3. The summed E-state index contributed by atoms with van der Waals surface area (Å²) in [6.45, 7) is 14.6. The van der Waals surface area contributed by atoms with Crippen molar-refractivity contribution in [3.63, 3.8) is 0 Å². The van der Waals surface area contributed by atoms with Crippen molar-refractivity contribution < 1.29 is 53.7 Å². The molecule has 3 fully saturated rings. The molecule has 1 aliphatic heterocycles. The Balaban J connectivity index is 1.27. The molecule has 0 radical (unpaired) electrons. The number of nitrogens with one attached hydrogen (secondary N) is 4. The van der Waals surface area contributed by atoms with Gasteiger partial charge in [-0.25, -0.2) is 4.79 Å². The Labute approximate surface area is 375 Å². The minimum absolute atomic E-state index is 0.0110. The van der Waals surface area contributed by atoms with Gasteiger partial charge in [0.05, 0.1) is 17.7 Å². The highest BCUT2D eigenvalue weighted by Crippen LogP contribution is 2.76. The number of hydroxylamine groups is 2. The van der Waals surface area contributed by atoms with Gasteiger partial charge in [0.2, 0.25) is 23.6 Å². The molecule has 1 heterocycles. The van der Waals surface area contributed by atoms with Crippen molar-refractivity contribution in [1.82, 2.24) is 26.3 Å². The fourth-order valence-electron chi connectivity index (χ4n) is 9.40. The van der Waals surface area contributed by atoms with E-state index in [0.29, 0.717) is 58.2 Å². The average molecular weight is 892 g/mol. The fraction of sp³-hybridized carbons (Fsp3) is 0.851. The number of hydrogen-bond acceptors (Lipinski definition) is 9. The number of unbranched alkanes of at least 4 members (excludes halogenated alkanes) is 4. The zero-order valence-electron chi connectivity index (χ0n) is 39.2. The lowest BCUT2D eigenvalue weighted by Gasteiger charge is -2.31.